The molecule has 0 fully saturated rings. The maximum Gasteiger partial charge on any atom is 0.329 e. The van der Waals surface area contributed by atoms with Gasteiger partial charge in [0.2, 0.25) is 0 Å². The molecular weight excluding hydrogens is 184 g/mol. The van der Waals surface area contributed by atoms with Gasteiger partial charge in [0, 0.05) is 0 Å². The van der Waals surface area contributed by atoms with E-state index in [2.05, 4.69) is 12.6 Å². The lowest BCUT2D eigenvalue weighted by Gasteiger charge is -1.95. The molecule has 6 heteroatoms. The quantitative estimate of drug-likeness (QED) is 0.471. The second kappa shape index (κ2) is 8.35. The van der Waals surface area contributed by atoms with Crippen molar-refractivity contribution in [2.45, 2.75) is 18.6 Å². The second-order valence-corrected chi connectivity index (χ2v) is 2.44. The Morgan fingerprint density at radius 2 is 1.75 bits per heavy atom. The Morgan fingerprint density at radius 1 is 1.42 bits per heavy atom. The molecule has 12 heavy (non-hydrogen) atoms. The first-order valence-corrected chi connectivity index (χ1v) is 3.70. The lowest BCUT2D eigenvalue weighted by molar-refractivity contribution is -0.140. The molecule has 0 spiro atoms. The van der Waals surface area contributed by atoms with E-state index in [4.69, 9.17) is 20.1 Å². The third kappa shape index (κ3) is 12.0. The maximum absolute atomic E-state index is 9.85. The van der Waals surface area contributed by atoms with Gasteiger partial charge in [0.05, 0.1) is 5.25 Å². The first kappa shape index (κ1) is 13.8. The smallest absolute Gasteiger partial charge is 0.329 e. The van der Waals surface area contributed by atoms with Gasteiger partial charge in [-0.3, -0.25) is 4.79 Å². The highest BCUT2D eigenvalue weighted by Gasteiger charge is 2.06. The monoisotopic (exact) mass is 196 g/mol. The van der Waals surface area contributed by atoms with Crippen LogP contribution < -0.4 is 0 Å². The Hall–Kier alpha value is -0.750. The molecule has 0 aliphatic carbocycles. The van der Waals surface area contributed by atoms with Crippen molar-refractivity contribution >= 4 is 24.6 Å². The van der Waals surface area contributed by atoms with E-state index >= 15 is 0 Å². The predicted octanol–water partition coefficient (Wildman–Crippen LogP) is -0.157. The number of aliphatic hydroxyl groups is 1. The SMILES string of the molecule is CCC(S)C(=O)O.O=C(O)CO. The third-order valence-corrected chi connectivity index (χ3v) is 1.39. The zero-order valence-corrected chi connectivity index (χ0v) is 7.49. The van der Waals surface area contributed by atoms with Crippen LogP contribution in [0.25, 0.3) is 0 Å². The molecule has 0 saturated carbocycles. The Bertz CT molecular complexity index is 147. The van der Waals surface area contributed by atoms with Gasteiger partial charge >= 0.3 is 11.9 Å². The van der Waals surface area contributed by atoms with Gasteiger partial charge in [0.25, 0.3) is 0 Å². The summed E-state index contributed by atoms with van der Waals surface area (Å²) in [5, 5.41) is 22.6. The van der Waals surface area contributed by atoms with Gasteiger partial charge in [0.1, 0.15) is 6.61 Å². The zero-order chi connectivity index (χ0) is 10.1. The Labute approximate surface area is 75.4 Å². The van der Waals surface area contributed by atoms with Crippen molar-refractivity contribution in [3.63, 3.8) is 0 Å². The van der Waals surface area contributed by atoms with Crippen LogP contribution in [0, 0.1) is 0 Å². The standard InChI is InChI=1S/C4H8O2S.C2H4O3/c1-2-3(7)4(5)6;3-1-2(4)5/h3,7H,2H2,1H3,(H,5,6);3H,1H2,(H,4,5). The molecule has 0 saturated heterocycles. The van der Waals surface area contributed by atoms with E-state index in [-0.39, 0.29) is 0 Å². The van der Waals surface area contributed by atoms with E-state index in [1.165, 1.54) is 0 Å². The molecule has 0 amide bonds. The maximum atomic E-state index is 9.85. The van der Waals surface area contributed by atoms with Crippen molar-refractivity contribution in [1.29, 1.82) is 0 Å². The van der Waals surface area contributed by atoms with Crippen LogP contribution >= 0.6 is 12.6 Å². The van der Waals surface area contributed by atoms with E-state index in [1.54, 1.807) is 6.92 Å². The van der Waals surface area contributed by atoms with Crippen LogP contribution in [0.5, 0.6) is 0 Å². The van der Waals surface area contributed by atoms with E-state index in [0.29, 0.717) is 6.42 Å². The molecule has 1 unspecified atom stereocenters. The summed E-state index contributed by atoms with van der Waals surface area (Å²) in [5.41, 5.74) is 0. The molecule has 0 aromatic heterocycles. The van der Waals surface area contributed by atoms with Crippen LogP contribution in [-0.2, 0) is 9.59 Å². The van der Waals surface area contributed by atoms with Crippen molar-refractivity contribution in [1.82, 2.24) is 0 Å². The number of hydrogen-bond donors (Lipinski definition) is 4. The van der Waals surface area contributed by atoms with Crippen molar-refractivity contribution in [3.8, 4) is 0 Å². The molecule has 0 aromatic rings. The Kier molecular flexibility index (Phi) is 9.61. The van der Waals surface area contributed by atoms with Gasteiger partial charge in [-0.25, -0.2) is 4.79 Å². The highest BCUT2D eigenvalue weighted by molar-refractivity contribution is 7.81. The fourth-order valence-electron chi connectivity index (χ4n) is 0.175. The summed E-state index contributed by atoms with van der Waals surface area (Å²) in [4.78, 5) is 19.0. The Morgan fingerprint density at radius 3 is 1.75 bits per heavy atom. The molecule has 72 valence electrons. The van der Waals surface area contributed by atoms with Gasteiger partial charge in [-0.2, -0.15) is 12.6 Å². The third-order valence-electron chi connectivity index (χ3n) is 0.807. The molecule has 0 bridgehead atoms. The van der Waals surface area contributed by atoms with E-state index in [9.17, 15) is 4.79 Å². The molecule has 5 nitrogen and oxygen atoms in total. The zero-order valence-electron chi connectivity index (χ0n) is 6.60. The number of hydrogen-bond acceptors (Lipinski definition) is 4. The van der Waals surface area contributed by atoms with Crippen molar-refractivity contribution in [3.05, 3.63) is 0 Å². The van der Waals surface area contributed by atoms with Crippen LogP contribution in [0.15, 0.2) is 0 Å². The highest BCUT2D eigenvalue weighted by atomic mass is 32.1. The summed E-state index contributed by atoms with van der Waals surface area (Å²) < 4.78 is 0. The summed E-state index contributed by atoms with van der Waals surface area (Å²) in [6.45, 7) is 1.01. The number of carbonyl (C=O) groups is 2. The first-order valence-electron chi connectivity index (χ1n) is 3.19. The average molecular weight is 196 g/mol. The molecule has 0 aliphatic rings. The normalized spacial score (nSPS) is 10.9. The molecule has 0 radical (unpaired) electrons. The molecule has 0 aliphatic heterocycles. The van der Waals surface area contributed by atoms with Crippen molar-refractivity contribution in [2.75, 3.05) is 6.61 Å². The fraction of sp³-hybridized carbons (Fsp3) is 0.667. The molecule has 0 aromatic carbocycles. The van der Waals surface area contributed by atoms with Crippen molar-refractivity contribution in [2.24, 2.45) is 0 Å². The minimum Gasteiger partial charge on any atom is -0.480 e. The van der Waals surface area contributed by atoms with Crippen LogP contribution in [0.3, 0.4) is 0 Å². The van der Waals surface area contributed by atoms with Gasteiger partial charge in [0.15, 0.2) is 0 Å². The summed E-state index contributed by atoms with van der Waals surface area (Å²) in [6.07, 6.45) is 0.582. The van der Waals surface area contributed by atoms with Crippen LogP contribution in [0.2, 0.25) is 0 Å². The van der Waals surface area contributed by atoms with E-state index in [1.807, 2.05) is 0 Å². The molecular formula is C6H12O5S. The van der Waals surface area contributed by atoms with Crippen molar-refractivity contribution < 1.29 is 24.9 Å². The first-order chi connectivity index (χ1) is 5.45. The second-order valence-electron chi connectivity index (χ2n) is 1.81. The number of aliphatic carboxylic acids is 2. The molecule has 0 heterocycles. The minimum absolute atomic E-state index is 0.486. The number of carboxylic acid groups (broad SMARTS) is 2. The minimum atomic E-state index is -1.19. The lowest BCUT2D eigenvalue weighted by atomic mass is 10.3. The molecule has 0 rings (SSSR count). The van der Waals surface area contributed by atoms with Crippen LogP contribution in [0.1, 0.15) is 13.3 Å². The lowest BCUT2D eigenvalue weighted by Crippen LogP contribution is -2.10. The van der Waals surface area contributed by atoms with Crippen LogP contribution in [-0.4, -0.2) is 39.1 Å². The highest BCUT2D eigenvalue weighted by Crippen LogP contribution is 1.97. The number of thiol groups is 1. The van der Waals surface area contributed by atoms with Gasteiger partial charge in [-0.05, 0) is 6.42 Å². The van der Waals surface area contributed by atoms with Gasteiger partial charge in [-0.15, -0.1) is 0 Å². The molecule has 1 atom stereocenters. The Balaban J connectivity index is 0. The summed E-state index contributed by atoms with van der Waals surface area (Å²) in [5.74, 6) is -2.03. The number of rotatable bonds is 3. The van der Waals surface area contributed by atoms with Gasteiger partial charge < -0.3 is 15.3 Å². The molecule has 3 N–H and O–H groups in total. The largest absolute Gasteiger partial charge is 0.480 e. The number of aliphatic hydroxyl groups excluding tert-OH is 1. The summed E-state index contributed by atoms with van der Waals surface area (Å²) >= 11 is 3.73. The number of carboxylic acids is 2. The summed E-state index contributed by atoms with van der Waals surface area (Å²) in [6, 6.07) is 0. The fourth-order valence-corrected chi connectivity index (χ4v) is 0.175. The van der Waals surface area contributed by atoms with Crippen LogP contribution in [0.4, 0.5) is 0 Å². The average Bonchev–Trinajstić information content (AvgIpc) is 2.04. The van der Waals surface area contributed by atoms with E-state index in [0.717, 1.165) is 0 Å². The topological polar surface area (TPSA) is 94.8 Å². The summed E-state index contributed by atoms with van der Waals surface area (Å²) in [7, 11) is 0. The van der Waals surface area contributed by atoms with Gasteiger partial charge in [-0.1, -0.05) is 6.92 Å². The predicted molar refractivity (Wildman–Crippen MR) is 45.4 cm³/mol. The van der Waals surface area contributed by atoms with E-state index < -0.39 is 23.8 Å².